The Morgan fingerprint density at radius 1 is 1.50 bits per heavy atom. The zero-order valence-corrected chi connectivity index (χ0v) is 8.70. The summed E-state index contributed by atoms with van der Waals surface area (Å²) in [5, 5.41) is 0. The van der Waals surface area contributed by atoms with Gasteiger partial charge in [0.05, 0.1) is 6.61 Å². The van der Waals surface area contributed by atoms with Crippen LogP contribution in [-0.2, 0) is 4.74 Å². The number of carbonyl (C=O) groups excluding carboxylic acids is 1. The van der Waals surface area contributed by atoms with Crippen LogP contribution < -0.4 is 0 Å². The van der Waals surface area contributed by atoms with Crippen LogP contribution in [0.3, 0.4) is 0 Å². The molecule has 2 aromatic heterocycles. The van der Waals surface area contributed by atoms with Crippen molar-refractivity contribution in [2.45, 2.75) is 6.92 Å². The van der Waals surface area contributed by atoms with Gasteiger partial charge in [-0.1, -0.05) is 0 Å². The number of hydrogen-bond donors (Lipinski definition) is 0. The Bertz CT molecular complexity index is 481. The molecule has 0 fully saturated rings. The molecule has 2 heterocycles. The fraction of sp³-hybridized carbons (Fsp3) is 0.200. The molecule has 0 aliphatic rings. The van der Waals surface area contributed by atoms with E-state index < -0.39 is 5.97 Å². The van der Waals surface area contributed by atoms with E-state index in [1.54, 1.807) is 30.0 Å². The summed E-state index contributed by atoms with van der Waals surface area (Å²) in [7, 11) is 0. The lowest BCUT2D eigenvalue weighted by molar-refractivity contribution is 0.0520. The van der Waals surface area contributed by atoms with Gasteiger partial charge in [-0.05, 0) is 13.0 Å². The average molecular weight is 218 g/mol. The van der Waals surface area contributed by atoms with E-state index in [4.69, 9.17) is 4.74 Å². The van der Waals surface area contributed by atoms with Crippen LogP contribution >= 0.6 is 0 Å². The quantitative estimate of drug-likeness (QED) is 0.714. The molecule has 6 heteroatoms. The summed E-state index contributed by atoms with van der Waals surface area (Å²) in [6.45, 7) is 2.08. The van der Waals surface area contributed by atoms with Gasteiger partial charge < -0.3 is 4.74 Å². The van der Waals surface area contributed by atoms with Crippen LogP contribution in [0.15, 0.2) is 31.1 Å². The number of aromatic nitrogens is 4. The molecular weight excluding hydrogens is 208 g/mol. The van der Waals surface area contributed by atoms with Crippen LogP contribution in [0, 0.1) is 0 Å². The minimum Gasteiger partial charge on any atom is -0.461 e. The Hall–Kier alpha value is -2.24. The van der Waals surface area contributed by atoms with Gasteiger partial charge in [0, 0.05) is 12.4 Å². The van der Waals surface area contributed by atoms with Crippen molar-refractivity contribution < 1.29 is 9.53 Å². The monoisotopic (exact) mass is 218 g/mol. The van der Waals surface area contributed by atoms with Crippen LogP contribution in [-0.4, -0.2) is 32.1 Å². The van der Waals surface area contributed by atoms with Crippen molar-refractivity contribution in [1.82, 2.24) is 19.5 Å². The third kappa shape index (κ3) is 2.05. The SMILES string of the molecule is CCOC(=O)c1cn(-c2ccncn2)cn1. The number of imidazole rings is 1. The van der Waals surface area contributed by atoms with Crippen LogP contribution in [0.25, 0.3) is 5.82 Å². The predicted molar refractivity (Wildman–Crippen MR) is 55.1 cm³/mol. The maximum Gasteiger partial charge on any atom is 0.358 e. The zero-order valence-electron chi connectivity index (χ0n) is 8.70. The highest BCUT2D eigenvalue weighted by Crippen LogP contribution is 2.05. The molecule has 0 saturated heterocycles. The highest BCUT2D eigenvalue weighted by molar-refractivity contribution is 5.87. The minimum atomic E-state index is -0.435. The average Bonchev–Trinajstić information content (AvgIpc) is 2.80. The van der Waals surface area contributed by atoms with Gasteiger partial charge in [-0.3, -0.25) is 4.57 Å². The van der Waals surface area contributed by atoms with Crippen molar-refractivity contribution in [1.29, 1.82) is 0 Å². The van der Waals surface area contributed by atoms with E-state index in [9.17, 15) is 4.79 Å². The molecule has 0 bridgehead atoms. The van der Waals surface area contributed by atoms with E-state index in [0.29, 0.717) is 12.4 Å². The van der Waals surface area contributed by atoms with Crippen LogP contribution in [0.4, 0.5) is 0 Å². The summed E-state index contributed by atoms with van der Waals surface area (Å²) < 4.78 is 6.46. The van der Waals surface area contributed by atoms with Gasteiger partial charge in [-0.25, -0.2) is 19.7 Å². The Morgan fingerprint density at radius 2 is 2.38 bits per heavy atom. The molecule has 16 heavy (non-hydrogen) atoms. The molecule has 0 unspecified atom stereocenters. The van der Waals surface area contributed by atoms with Crippen molar-refractivity contribution in [3.63, 3.8) is 0 Å². The minimum absolute atomic E-state index is 0.264. The van der Waals surface area contributed by atoms with Gasteiger partial charge in [0.1, 0.15) is 18.5 Å². The Labute approximate surface area is 91.9 Å². The molecule has 0 saturated carbocycles. The molecule has 0 radical (unpaired) electrons. The van der Waals surface area contributed by atoms with E-state index in [2.05, 4.69) is 15.0 Å². The van der Waals surface area contributed by atoms with Crippen molar-refractivity contribution in [3.8, 4) is 5.82 Å². The second kappa shape index (κ2) is 4.52. The fourth-order valence-electron chi connectivity index (χ4n) is 1.19. The topological polar surface area (TPSA) is 69.9 Å². The predicted octanol–water partition coefficient (Wildman–Crippen LogP) is 0.839. The van der Waals surface area contributed by atoms with Crippen molar-refractivity contribution >= 4 is 5.97 Å². The molecule has 0 aromatic carbocycles. The van der Waals surface area contributed by atoms with Crippen LogP contribution in [0.5, 0.6) is 0 Å². The lowest BCUT2D eigenvalue weighted by atomic mass is 10.5. The molecule has 0 aliphatic heterocycles. The number of hydrogen-bond acceptors (Lipinski definition) is 5. The first kappa shape index (κ1) is 10.3. The smallest absolute Gasteiger partial charge is 0.358 e. The summed E-state index contributed by atoms with van der Waals surface area (Å²) in [5.74, 6) is 0.216. The van der Waals surface area contributed by atoms with Gasteiger partial charge in [0.15, 0.2) is 5.69 Å². The third-order valence-corrected chi connectivity index (χ3v) is 1.90. The lowest BCUT2D eigenvalue weighted by Crippen LogP contribution is -2.04. The third-order valence-electron chi connectivity index (χ3n) is 1.90. The van der Waals surface area contributed by atoms with Gasteiger partial charge in [0.2, 0.25) is 0 Å². The van der Waals surface area contributed by atoms with Crippen molar-refractivity contribution in [2.24, 2.45) is 0 Å². The second-order valence-corrected chi connectivity index (χ2v) is 2.95. The molecule has 0 spiro atoms. The van der Waals surface area contributed by atoms with E-state index in [0.717, 1.165) is 0 Å². The molecule has 0 amide bonds. The number of nitrogens with zero attached hydrogens (tertiary/aromatic N) is 4. The number of esters is 1. The molecule has 2 rings (SSSR count). The Balaban J connectivity index is 2.23. The van der Waals surface area contributed by atoms with Gasteiger partial charge in [-0.15, -0.1) is 0 Å². The van der Waals surface area contributed by atoms with E-state index in [-0.39, 0.29) is 5.69 Å². The summed E-state index contributed by atoms with van der Waals surface area (Å²) in [6.07, 6.45) is 6.13. The molecule has 0 atom stereocenters. The summed E-state index contributed by atoms with van der Waals surface area (Å²) >= 11 is 0. The fourth-order valence-corrected chi connectivity index (χ4v) is 1.19. The first-order valence-electron chi connectivity index (χ1n) is 4.78. The largest absolute Gasteiger partial charge is 0.461 e. The molecule has 2 aromatic rings. The first-order valence-corrected chi connectivity index (χ1v) is 4.78. The standard InChI is InChI=1S/C10H10N4O2/c1-2-16-10(15)8-5-14(7-13-8)9-3-4-11-6-12-9/h3-7H,2H2,1H3. The van der Waals surface area contributed by atoms with Gasteiger partial charge >= 0.3 is 5.97 Å². The Morgan fingerprint density at radius 3 is 3.06 bits per heavy atom. The maximum absolute atomic E-state index is 11.4. The molecular formula is C10H10N4O2. The van der Waals surface area contributed by atoms with Crippen LogP contribution in [0.2, 0.25) is 0 Å². The van der Waals surface area contributed by atoms with Gasteiger partial charge in [-0.2, -0.15) is 0 Å². The summed E-state index contributed by atoms with van der Waals surface area (Å²) in [4.78, 5) is 23.1. The van der Waals surface area contributed by atoms with Crippen molar-refractivity contribution in [3.05, 3.63) is 36.8 Å². The highest BCUT2D eigenvalue weighted by atomic mass is 16.5. The normalized spacial score (nSPS) is 10.1. The molecule has 0 N–H and O–H groups in total. The van der Waals surface area contributed by atoms with E-state index in [1.807, 2.05) is 0 Å². The van der Waals surface area contributed by atoms with Crippen molar-refractivity contribution in [2.75, 3.05) is 6.61 Å². The summed E-state index contributed by atoms with van der Waals surface area (Å²) in [5.41, 5.74) is 0.264. The van der Waals surface area contributed by atoms with Gasteiger partial charge in [0.25, 0.3) is 0 Å². The molecule has 6 nitrogen and oxygen atoms in total. The summed E-state index contributed by atoms with van der Waals surface area (Å²) in [6, 6.07) is 1.72. The van der Waals surface area contributed by atoms with E-state index >= 15 is 0 Å². The maximum atomic E-state index is 11.4. The number of carbonyl (C=O) groups is 1. The second-order valence-electron chi connectivity index (χ2n) is 2.95. The Kier molecular flexibility index (Phi) is 2.90. The number of rotatable bonds is 3. The van der Waals surface area contributed by atoms with E-state index in [1.165, 1.54) is 12.7 Å². The highest BCUT2D eigenvalue weighted by Gasteiger charge is 2.10. The lowest BCUT2D eigenvalue weighted by Gasteiger charge is -1.98. The molecule has 82 valence electrons. The number of ether oxygens (including phenoxy) is 1. The zero-order chi connectivity index (χ0) is 11.4. The molecule has 0 aliphatic carbocycles. The van der Waals surface area contributed by atoms with Crippen LogP contribution in [0.1, 0.15) is 17.4 Å². The first-order chi connectivity index (χ1) is 7.81.